The van der Waals surface area contributed by atoms with E-state index in [1.54, 1.807) is 23.7 Å². The predicted molar refractivity (Wildman–Crippen MR) is 82.7 cm³/mol. The molecule has 22 heavy (non-hydrogen) atoms. The first-order valence-electron chi connectivity index (χ1n) is 6.71. The van der Waals surface area contributed by atoms with Gasteiger partial charge in [0.15, 0.2) is 5.16 Å². The average molecular weight is 319 g/mol. The van der Waals surface area contributed by atoms with Crippen LogP contribution in [0.25, 0.3) is 0 Å². The Hall–Kier alpha value is -2.15. The first-order valence-corrected chi connectivity index (χ1v) is 7.94. The Bertz CT molecular complexity index is 802. The molecule has 0 saturated carbocycles. The number of anilines is 1. The third-order valence-corrected chi connectivity index (χ3v) is 4.49. The van der Waals surface area contributed by atoms with E-state index in [1.807, 2.05) is 6.26 Å². The van der Waals surface area contributed by atoms with Crippen LogP contribution in [-0.2, 0) is 11.8 Å². The lowest BCUT2D eigenvalue weighted by atomic mass is 9.87. The van der Waals surface area contributed by atoms with E-state index in [-0.39, 0.29) is 23.7 Å². The molecule has 3 rings (SSSR count). The molecule has 2 aromatic rings. The lowest BCUT2D eigenvalue weighted by molar-refractivity contribution is -0.116. The average Bonchev–Trinajstić information content (AvgIpc) is 2.50. The van der Waals surface area contributed by atoms with E-state index >= 15 is 0 Å². The molecule has 1 atom stereocenters. The minimum atomic E-state index is -0.411. The fraction of sp³-hybridized carbons (Fsp3) is 0.267. The molecule has 2 heterocycles. The number of hydrogen-bond donors (Lipinski definition) is 1. The van der Waals surface area contributed by atoms with Crippen molar-refractivity contribution >= 4 is 23.5 Å². The summed E-state index contributed by atoms with van der Waals surface area (Å²) < 4.78 is 14.8. The molecule has 1 N–H and O–H groups in total. The summed E-state index contributed by atoms with van der Waals surface area (Å²) in [6.07, 6.45) is 1.96. The first-order chi connectivity index (χ1) is 10.5. The van der Waals surface area contributed by atoms with Crippen molar-refractivity contribution in [3.8, 4) is 0 Å². The van der Waals surface area contributed by atoms with E-state index in [2.05, 4.69) is 10.3 Å². The van der Waals surface area contributed by atoms with Gasteiger partial charge in [-0.2, -0.15) is 4.98 Å². The molecule has 0 aliphatic carbocycles. The zero-order valence-corrected chi connectivity index (χ0v) is 12.9. The maximum absolute atomic E-state index is 13.1. The number of halogens is 1. The highest BCUT2D eigenvalue weighted by Gasteiger charge is 2.31. The third kappa shape index (κ3) is 2.41. The molecule has 1 aliphatic heterocycles. The van der Waals surface area contributed by atoms with Gasteiger partial charge in [-0.15, -0.1) is 0 Å². The number of nitrogens with one attached hydrogen (secondary N) is 1. The topological polar surface area (TPSA) is 64.0 Å². The largest absolute Gasteiger partial charge is 0.312 e. The van der Waals surface area contributed by atoms with Crippen molar-refractivity contribution in [1.29, 1.82) is 0 Å². The molecule has 7 heteroatoms. The van der Waals surface area contributed by atoms with Gasteiger partial charge in [0.05, 0.1) is 5.56 Å². The number of benzene rings is 1. The maximum atomic E-state index is 13.1. The third-order valence-electron chi connectivity index (χ3n) is 3.76. The van der Waals surface area contributed by atoms with E-state index < -0.39 is 5.92 Å². The van der Waals surface area contributed by atoms with Crippen LogP contribution >= 0.6 is 11.8 Å². The van der Waals surface area contributed by atoms with Gasteiger partial charge in [0.2, 0.25) is 5.91 Å². The highest BCUT2D eigenvalue weighted by Crippen LogP contribution is 2.35. The molecule has 0 spiro atoms. The Balaban J connectivity index is 2.21. The highest BCUT2D eigenvalue weighted by atomic mass is 32.2. The van der Waals surface area contributed by atoms with E-state index in [9.17, 15) is 14.0 Å². The van der Waals surface area contributed by atoms with E-state index in [4.69, 9.17) is 0 Å². The summed E-state index contributed by atoms with van der Waals surface area (Å²) in [6, 6.07) is 5.86. The van der Waals surface area contributed by atoms with Gasteiger partial charge in [-0.3, -0.25) is 9.59 Å². The lowest BCUT2D eigenvalue weighted by Gasteiger charge is -2.27. The first kappa shape index (κ1) is 14.8. The second-order valence-electron chi connectivity index (χ2n) is 5.08. The van der Waals surface area contributed by atoms with Crippen LogP contribution < -0.4 is 10.9 Å². The van der Waals surface area contributed by atoms with Gasteiger partial charge in [-0.25, -0.2) is 4.39 Å². The minimum absolute atomic E-state index is 0.147. The van der Waals surface area contributed by atoms with Crippen LogP contribution in [0.5, 0.6) is 0 Å². The summed E-state index contributed by atoms with van der Waals surface area (Å²) in [4.78, 5) is 28.5. The molecule has 114 valence electrons. The van der Waals surface area contributed by atoms with Gasteiger partial charge < -0.3 is 9.88 Å². The van der Waals surface area contributed by atoms with Crippen LogP contribution in [0.1, 0.15) is 23.5 Å². The van der Waals surface area contributed by atoms with Crippen molar-refractivity contribution in [3.63, 3.8) is 0 Å². The zero-order chi connectivity index (χ0) is 15.9. The summed E-state index contributed by atoms with van der Waals surface area (Å²) in [5.41, 5.74) is 0.826. The fourth-order valence-corrected chi connectivity index (χ4v) is 3.24. The summed E-state index contributed by atoms with van der Waals surface area (Å²) in [5, 5.41) is 3.28. The second kappa shape index (κ2) is 5.57. The Morgan fingerprint density at radius 3 is 2.64 bits per heavy atom. The molecular weight excluding hydrogens is 305 g/mol. The van der Waals surface area contributed by atoms with Crippen LogP contribution in [-0.4, -0.2) is 21.7 Å². The molecule has 5 nitrogen and oxygen atoms in total. The number of carbonyl (C=O) groups excluding carboxylic acids is 1. The molecule has 0 bridgehead atoms. The number of aromatic nitrogens is 2. The van der Waals surface area contributed by atoms with E-state index in [1.165, 1.54) is 23.9 Å². The number of fused-ring (bicyclic) bond motifs is 1. The maximum Gasteiger partial charge on any atom is 0.279 e. The van der Waals surface area contributed by atoms with Crippen molar-refractivity contribution in [1.82, 2.24) is 9.55 Å². The summed E-state index contributed by atoms with van der Waals surface area (Å²) in [6.45, 7) is 0. The van der Waals surface area contributed by atoms with Crippen LogP contribution in [0.15, 0.2) is 34.2 Å². The molecule has 1 aliphatic rings. The van der Waals surface area contributed by atoms with Gasteiger partial charge in [-0.1, -0.05) is 23.9 Å². The van der Waals surface area contributed by atoms with Crippen LogP contribution in [0.4, 0.5) is 10.2 Å². The fourth-order valence-electron chi connectivity index (χ4n) is 2.70. The lowest BCUT2D eigenvalue weighted by Crippen LogP contribution is -2.33. The molecule has 1 aromatic heterocycles. The van der Waals surface area contributed by atoms with Crippen molar-refractivity contribution in [2.45, 2.75) is 17.5 Å². The molecule has 0 fully saturated rings. The molecule has 1 amide bonds. The summed E-state index contributed by atoms with van der Waals surface area (Å²) >= 11 is 1.33. The summed E-state index contributed by atoms with van der Waals surface area (Å²) in [7, 11) is 1.75. The zero-order valence-electron chi connectivity index (χ0n) is 12.1. The van der Waals surface area contributed by atoms with Crippen molar-refractivity contribution in [2.75, 3.05) is 11.6 Å². The van der Waals surface area contributed by atoms with Crippen LogP contribution in [0, 0.1) is 5.82 Å². The van der Waals surface area contributed by atoms with Gasteiger partial charge >= 0.3 is 0 Å². The number of nitrogens with zero attached hydrogens (tertiary/aromatic N) is 2. The number of hydrogen-bond acceptors (Lipinski definition) is 4. The van der Waals surface area contributed by atoms with Gasteiger partial charge in [0.1, 0.15) is 11.6 Å². The smallest absolute Gasteiger partial charge is 0.279 e. The SMILES string of the molecule is CSc1nc(=O)c2c(n1C)NC(=O)C[C@@H]2c1ccc(F)cc1. The van der Waals surface area contributed by atoms with Crippen LogP contribution in [0.3, 0.4) is 0 Å². The standard InChI is InChI=1S/C15H14FN3O2S/c1-19-13-12(14(21)18-15(19)22-2)10(7-11(20)17-13)8-3-5-9(16)6-4-8/h3-6,10H,7H2,1-2H3,(H,17,20)/t10-/m1/s1. The normalized spacial score (nSPS) is 17.0. The molecular formula is C15H14FN3O2S. The number of amides is 1. The van der Waals surface area contributed by atoms with Crippen LogP contribution in [0.2, 0.25) is 0 Å². The van der Waals surface area contributed by atoms with E-state index in [0.717, 1.165) is 5.56 Å². The molecule has 0 unspecified atom stereocenters. The van der Waals surface area contributed by atoms with Crippen molar-refractivity contribution < 1.29 is 9.18 Å². The Kier molecular flexibility index (Phi) is 3.74. The van der Waals surface area contributed by atoms with Crippen molar-refractivity contribution in [2.24, 2.45) is 7.05 Å². The molecule has 0 saturated heterocycles. The highest BCUT2D eigenvalue weighted by molar-refractivity contribution is 7.98. The predicted octanol–water partition coefficient (Wildman–Crippen LogP) is 2.12. The van der Waals surface area contributed by atoms with E-state index in [0.29, 0.717) is 16.5 Å². The molecule has 1 aromatic carbocycles. The number of carbonyl (C=O) groups is 1. The second-order valence-corrected chi connectivity index (χ2v) is 5.85. The molecule has 0 radical (unpaired) electrons. The Morgan fingerprint density at radius 2 is 2.00 bits per heavy atom. The van der Waals surface area contributed by atoms with Crippen molar-refractivity contribution in [3.05, 3.63) is 51.6 Å². The van der Waals surface area contributed by atoms with Gasteiger partial charge in [0, 0.05) is 19.4 Å². The van der Waals surface area contributed by atoms with Gasteiger partial charge in [0.25, 0.3) is 5.56 Å². The number of rotatable bonds is 2. The monoisotopic (exact) mass is 319 g/mol. The summed E-state index contributed by atoms with van der Waals surface area (Å²) in [5.74, 6) is -0.468. The number of thioether (sulfide) groups is 1. The Morgan fingerprint density at radius 1 is 1.32 bits per heavy atom. The minimum Gasteiger partial charge on any atom is -0.312 e. The Labute approximate surface area is 130 Å². The van der Waals surface area contributed by atoms with Gasteiger partial charge in [-0.05, 0) is 24.0 Å². The quantitative estimate of drug-likeness (QED) is 0.680.